The van der Waals surface area contributed by atoms with Crippen LogP contribution in [0.3, 0.4) is 0 Å². The van der Waals surface area contributed by atoms with Crippen LogP contribution >= 0.6 is 15.9 Å². The zero-order valence-electron chi connectivity index (χ0n) is 6.49. The molecule has 0 bridgehead atoms. The zero-order chi connectivity index (χ0) is 8.27. The molecule has 0 N–H and O–H groups in total. The zero-order valence-corrected chi connectivity index (χ0v) is 8.08. The van der Waals surface area contributed by atoms with Crippen LogP contribution in [0.5, 0.6) is 0 Å². The lowest BCUT2D eigenvalue weighted by molar-refractivity contribution is -0.134. The Balaban J connectivity index is 2.50. The SMILES string of the molecule is CON(C)Cn1ccc(Br)n1. The maximum atomic E-state index is 4.92. The molecule has 0 amide bonds. The molecule has 62 valence electrons. The van der Waals surface area contributed by atoms with E-state index in [1.165, 1.54) is 0 Å². The van der Waals surface area contributed by atoms with Crippen LogP contribution in [0.4, 0.5) is 0 Å². The van der Waals surface area contributed by atoms with Crippen molar-refractivity contribution in [1.29, 1.82) is 0 Å². The number of hydrogen-bond acceptors (Lipinski definition) is 3. The molecule has 1 aromatic heterocycles. The predicted molar refractivity (Wildman–Crippen MR) is 44.7 cm³/mol. The van der Waals surface area contributed by atoms with Crippen LogP contribution in [0.25, 0.3) is 0 Å². The van der Waals surface area contributed by atoms with E-state index in [1.807, 2.05) is 19.3 Å². The molecule has 0 radical (unpaired) electrons. The van der Waals surface area contributed by atoms with Gasteiger partial charge < -0.3 is 4.84 Å². The van der Waals surface area contributed by atoms with Crippen LogP contribution in [0, 0.1) is 0 Å². The number of nitrogens with zero attached hydrogens (tertiary/aromatic N) is 3. The molecule has 4 nitrogen and oxygen atoms in total. The number of aromatic nitrogens is 2. The van der Waals surface area contributed by atoms with Crippen molar-refractivity contribution in [3.8, 4) is 0 Å². The number of rotatable bonds is 3. The topological polar surface area (TPSA) is 30.3 Å². The normalized spacial score (nSPS) is 10.9. The molecule has 0 aliphatic rings. The highest BCUT2D eigenvalue weighted by Gasteiger charge is 1.97. The van der Waals surface area contributed by atoms with Crippen LogP contribution in [0.2, 0.25) is 0 Å². The van der Waals surface area contributed by atoms with E-state index in [1.54, 1.807) is 16.9 Å². The van der Waals surface area contributed by atoms with Crippen molar-refractivity contribution in [1.82, 2.24) is 14.8 Å². The fourth-order valence-electron chi connectivity index (χ4n) is 0.677. The van der Waals surface area contributed by atoms with Gasteiger partial charge in [-0.25, -0.2) is 0 Å². The maximum absolute atomic E-state index is 4.92. The van der Waals surface area contributed by atoms with Crippen molar-refractivity contribution < 1.29 is 4.84 Å². The molecule has 11 heavy (non-hydrogen) atoms. The summed E-state index contributed by atoms with van der Waals surface area (Å²) >= 11 is 3.25. The van der Waals surface area contributed by atoms with Gasteiger partial charge in [-0.3, -0.25) is 4.68 Å². The van der Waals surface area contributed by atoms with Gasteiger partial charge in [0.25, 0.3) is 0 Å². The van der Waals surface area contributed by atoms with Crippen molar-refractivity contribution in [2.24, 2.45) is 0 Å². The second-order valence-electron chi connectivity index (χ2n) is 2.13. The summed E-state index contributed by atoms with van der Waals surface area (Å²) in [4.78, 5) is 4.92. The first-order chi connectivity index (χ1) is 5.22. The van der Waals surface area contributed by atoms with E-state index in [4.69, 9.17) is 4.84 Å². The molecule has 5 heteroatoms. The summed E-state index contributed by atoms with van der Waals surface area (Å²) in [6, 6.07) is 1.88. The summed E-state index contributed by atoms with van der Waals surface area (Å²) < 4.78 is 2.61. The highest BCUT2D eigenvalue weighted by molar-refractivity contribution is 9.10. The minimum absolute atomic E-state index is 0.627. The van der Waals surface area contributed by atoms with Gasteiger partial charge in [-0.05, 0) is 22.0 Å². The van der Waals surface area contributed by atoms with Crippen LogP contribution in [0.15, 0.2) is 16.9 Å². The minimum atomic E-state index is 0.627. The molecule has 1 aromatic rings. The Morgan fingerprint density at radius 3 is 3.00 bits per heavy atom. The number of hydrogen-bond donors (Lipinski definition) is 0. The lowest BCUT2D eigenvalue weighted by Gasteiger charge is -2.12. The Kier molecular flexibility index (Phi) is 3.04. The molecule has 0 atom stereocenters. The number of halogens is 1. The third kappa shape index (κ3) is 2.61. The first-order valence-corrected chi connectivity index (χ1v) is 3.96. The van der Waals surface area contributed by atoms with Crippen LogP contribution in [0.1, 0.15) is 0 Å². The smallest absolute Gasteiger partial charge is 0.128 e. The van der Waals surface area contributed by atoms with Crippen molar-refractivity contribution in [3.63, 3.8) is 0 Å². The summed E-state index contributed by atoms with van der Waals surface area (Å²) in [5.41, 5.74) is 0. The summed E-state index contributed by atoms with van der Waals surface area (Å²) in [7, 11) is 3.47. The first-order valence-electron chi connectivity index (χ1n) is 3.16. The van der Waals surface area contributed by atoms with Crippen molar-refractivity contribution >= 4 is 15.9 Å². The molecule has 0 spiro atoms. The van der Waals surface area contributed by atoms with Crippen LogP contribution in [-0.4, -0.2) is 29.0 Å². The van der Waals surface area contributed by atoms with Gasteiger partial charge in [0, 0.05) is 13.2 Å². The largest absolute Gasteiger partial charge is 0.301 e. The van der Waals surface area contributed by atoms with Gasteiger partial charge in [0.1, 0.15) is 11.3 Å². The summed E-state index contributed by atoms with van der Waals surface area (Å²) in [5, 5.41) is 5.79. The maximum Gasteiger partial charge on any atom is 0.128 e. The van der Waals surface area contributed by atoms with Gasteiger partial charge in [0.2, 0.25) is 0 Å². The first kappa shape index (κ1) is 8.70. The van der Waals surface area contributed by atoms with Gasteiger partial charge in [0.15, 0.2) is 0 Å². The second-order valence-corrected chi connectivity index (χ2v) is 2.94. The van der Waals surface area contributed by atoms with E-state index in [9.17, 15) is 0 Å². The fourth-order valence-corrected chi connectivity index (χ4v) is 0.999. The molecule has 0 aliphatic carbocycles. The average Bonchev–Trinajstić information content (AvgIpc) is 2.35. The van der Waals surface area contributed by atoms with E-state index >= 15 is 0 Å². The molecule has 1 rings (SSSR count). The minimum Gasteiger partial charge on any atom is -0.301 e. The molecule has 0 aliphatic heterocycles. The van der Waals surface area contributed by atoms with E-state index in [2.05, 4.69) is 21.0 Å². The lowest BCUT2D eigenvalue weighted by atomic mass is 10.7. The Morgan fingerprint density at radius 1 is 1.82 bits per heavy atom. The summed E-state index contributed by atoms with van der Waals surface area (Å²) in [6.45, 7) is 0.627. The molecule has 0 saturated carbocycles. The van der Waals surface area contributed by atoms with Crippen LogP contribution < -0.4 is 0 Å². The average molecular weight is 220 g/mol. The standard InChI is InChI=1S/C6H10BrN3O/c1-9(11-2)5-10-4-3-6(7)8-10/h3-4H,5H2,1-2H3. The molecular weight excluding hydrogens is 210 g/mol. The van der Waals surface area contributed by atoms with E-state index in [-0.39, 0.29) is 0 Å². The lowest BCUT2D eigenvalue weighted by Crippen LogP contribution is -2.20. The van der Waals surface area contributed by atoms with Crippen molar-refractivity contribution in [2.75, 3.05) is 14.2 Å². The molecule has 0 unspecified atom stereocenters. The van der Waals surface area contributed by atoms with E-state index < -0.39 is 0 Å². The molecule has 0 aromatic carbocycles. The monoisotopic (exact) mass is 219 g/mol. The predicted octanol–water partition coefficient (Wildman–Crippen LogP) is 1.10. The highest BCUT2D eigenvalue weighted by atomic mass is 79.9. The Bertz CT molecular complexity index is 225. The molecular formula is C6H10BrN3O. The van der Waals surface area contributed by atoms with E-state index in [0.29, 0.717) is 6.67 Å². The molecule has 1 heterocycles. The van der Waals surface area contributed by atoms with Gasteiger partial charge in [-0.2, -0.15) is 10.2 Å². The number of hydroxylamine groups is 2. The van der Waals surface area contributed by atoms with Crippen molar-refractivity contribution in [2.45, 2.75) is 6.67 Å². The quantitative estimate of drug-likeness (QED) is 0.714. The summed E-state index contributed by atoms with van der Waals surface area (Å²) in [6.07, 6.45) is 1.87. The molecule has 0 saturated heterocycles. The van der Waals surface area contributed by atoms with Gasteiger partial charge >= 0.3 is 0 Å². The Hall–Kier alpha value is -0.390. The van der Waals surface area contributed by atoms with Gasteiger partial charge in [-0.1, -0.05) is 0 Å². The van der Waals surface area contributed by atoms with Crippen molar-refractivity contribution in [3.05, 3.63) is 16.9 Å². The second kappa shape index (κ2) is 3.85. The van der Waals surface area contributed by atoms with Crippen LogP contribution in [-0.2, 0) is 11.5 Å². The fraction of sp³-hybridized carbons (Fsp3) is 0.500. The molecule has 0 fully saturated rings. The van der Waals surface area contributed by atoms with Gasteiger partial charge in [0.05, 0.1) is 7.11 Å². The third-order valence-electron chi connectivity index (χ3n) is 1.26. The third-order valence-corrected chi connectivity index (χ3v) is 1.69. The van der Waals surface area contributed by atoms with Gasteiger partial charge in [-0.15, -0.1) is 0 Å². The Labute approximate surface area is 73.8 Å². The van der Waals surface area contributed by atoms with E-state index in [0.717, 1.165) is 4.60 Å². The summed E-state index contributed by atoms with van der Waals surface area (Å²) in [5.74, 6) is 0. The highest BCUT2D eigenvalue weighted by Crippen LogP contribution is 2.03. The Morgan fingerprint density at radius 2 is 2.55 bits per heavy atom.